The van der Waals surface area contributed by atoms with Gasteiger partial charge in [-0.05, 0) is 42.1 Å². The molecule has 33 heavy (non-hydrogen) atoms. The van der Waals surface area contributed by atoms with Crippen LogP contribution < -0.4 is 10.6 Å². The summed E-state index contributed by atoms with van der Waals surface area (Å²) in [6.07, 6.45) is -1.94. The zero-order valence-electron chi connectivity index (χ0n) is 17.5. The number of amides is 1. The molecule has 1 amide bonds. The Morgan fingerprint density at radius 3 is 2.58 bits per heavy atom. The zero-order valence-corrected chi connectivity index (χ0v) is 18.3. The van der Waals surface area contributed by atoms with E-state index in [4.69, 9.17) is 0 Å². The summed E-state index contributed by atoms with van der Waals surface area (Å²) >= 11 is 1.55. The van der Waals surface area contributed by atoms with Crippen molar-refractivity contribution in [3.8, 4) is 5.69 Å². The molecule has 0 unspecified atom stereocenters. The Morgan fingerprint density at radius 1 is 1.15 bits per heavy atom. The lowest BCUT2D eigenvalue weighted by atomic mass is 10.0. The van der Waals surface area contributed by atoms with Gasteiger partial charge >= 0.3 is 6.18 Å². The van der Waals surface area contributed by atoms with Crippen LogP contribution in [0, 0.1) is 6.92 Å². The molecule has 0 saturated carbocycles. The zero-order chi connectivity index (χ0) is 23.4. The SMILES string of the molecule is Cc1ccc([C@@H](NCC(=O)Nc2cc(C(F)(F)F)ccc2-n2cncn2)c2cccs2)cc1. The number of halogens is 3. The molecule has 10 heteroatoms. The third-order valence-corrected chi connectivity index (χ3v) is 5.91. The van der Waals surface area contributed by atoms with E-state index in [0.717, 1.165) is 28.1 Å². The fraction of sp³-hybridized carbons (Fsp3) is 0.174. The van der Waals surface area contributed by atoms with E-state index < -0.39 is 17.6 Å². The Hall–Kier alpha value is -3.50. The highest BCUT2D eigenvalue weighted by Crippen LogP contribution is 2.33. The molecule has 0 spiro atoms. The van der Waals surface area contributed by atoms with Crippen LogP contribution in [0.25, 0.3) is 5.69 Å². The van der Waals surface area contributed by atoms with Crippen molar-refractivity contribution in [3.63, 3.8) is 0 Å². The smallest absolute Gasteiger partial charge is 0.323 e. The predicted octanol–water partition coefficient (Wildman–Crippen LogP) is 4.97. The number of aromatic nitrogens is 3. The monoisotopic (exact) mass is 471 g/mol. The van der Waals surface area contributed by atoms with Crippen molar-refractivity contribution >= 4 is 22.9 Å². The van der Waals surface area contributed by atoms with Crippen molar-refractivity contribution < 1.29 is 18.0 Å². The van der Waals surface area contributed by atoms with Gasteiger partial charge in [-0.1, -0.05) is 35.9 Å². The highest BCUT2D eigenvalue weighted by Gasteiger charge is 2.31. The Balaban J connectivity index is 1.54. The van der Waals surface area contributed by atoms with Crippen LogP contribution in [0.5, 0.6) is 0 Å². The summed E-state index contributed by atoms with van der Waals surface area (Å²) in [7, 11) is 0. The highest BCUT2D eigenvalue weighted by atomic mass is 32.1. The summed E-state index contributed by atoms with van der Waals surface area (Å²) in [4.78, 5) is 17.6. The Bertz CT molecular complexity index is 1210. The standard InChI is InChI=1S/C23H20F3N5OS/c1-15-4-6-16(7-5-15)22(20-3-2-10-33-20)28-12-21(32)30-18-11-17(23(24,25)26)8-9-19(18)31-14-27-13-29-31/h2-11,13-14,22,28H,12H2,1H3,(H,30,32)/t22-/m1/s1. The lowest BCUT2D eigenvalue weighted by molar-refractivity contribution is -0.137. The van der Waals surface area contributed by atoms with Gasteiger partial charge in [0.25, 0.3) is 0 Å². The Kier molecular flexibility index (Phi) is 6.57. The van der Waals surface area contributed by atoms with Gasteiger partial charge in [-0.25, -0.2) is 9.67 Å². The third-order valence-electron chi connectivity index (χ3n) is 4.97. The van der Waals surface area contributed by atoms with E-state index in [-0.39, 0.29) is 24.0 Å². The molecule has 2 heterocycles. The fourth-order valence-corrected chi connectivity index (χ4v) is 4.16. The van der Waals surface area contributed by atoms with Crippen LogP contribution in [0.15, 0.2) is 72.6 Å². The molecule has 2 aromatic carbocycles. The summed E-state index contributed by atoms with van der Waals surface area (Å²) in [6.45, 7) is 1.88. The number of aryl methyl sites for hydroxylation is 1. The van der Waals surface area contributed by atoms with Crippen molar-refractivity contribution in [1.82, 2.24) is 20.1 Å². The second-order valence-corrected chi connectivity index (χ2v) is 8.34. The molecule has 4 rings (SSSR count). The second-order valence-electron chi connectivity index (χ2n) is 7.36. The fourth-order valence-electron chi connectivity index (χ4n) is 3.33. The molecule has 1 atom stereocenters. The first-order valence-electron chi connectivity index (χ1n) is 10.0. The van der Waals surface area contributed by atoms with Gasteiger partial charge in [0.15, 0.2) is 0 Å². The van der Waals surface area contributed by atoms with Gasteiger partial charge in [0.1, 0.15) is 12.7 Å². The van der Waals surface area contributed by atoms with E-state index in [1.807, 2.05) is 48.7 Å². The Labute approximate surface area is 192 Å². The lowest BCUT2D eigenvalue weighted by Gasteiger charge is -2.19. The normalized spacial score (nSPS) is 12.5. The predicted molar refractivity (Wildman–Crippen MR) is 120 cm³/mol. The van der Waals surface area contributed by atoms with Gasteiger partial charge in [-0.2, -0.15) is 18.3 Å². The van der Waals surface area contributed by atoms with Gasteiger partial charge in [0.2, 0.25) is 5.91 Å². The molecule has 4 aromatic rings. The maximum absolute atomic E-state index is 13.2. The van der Waals surface area contributed by atoms with Gasteiger partial charge in [0.05, 0.1) is 29.5 Å². The van der Waals surface area contributed by atoms with Crippen LogP contribution >= 0.6 is 11.3 Å². The summed E-state index contributed by atoms with van der Waals surface area (Å²) in [5, 5.41) is 11.7. The first kappa shape index (κ1) is 22.7. The molecule has 0 aliphatic rings. The molecule has 0 radical (unpaired) electrons. The van der Waals surface area contributed by atoms with Crippen LogP contribution in [-0.2, 0) is 11.0 Å². The molecule has 0 bridgehead atoms. The number of carbonyl (C=O) groups is 1. The third kappa shape index (κ3) is 5.47. The van der Waals surface area contributed by atoms with Crippen LogP contribution in [-0.4, -0.2) is 27.2 Å². The molecule has 0 aliphatic heterocycles. The second kappa shape index (κ2) is 9.55. The average Bonchev–Trinajstić information content (AvgIpc) is 3.49. The van der Waals surface area contributed by atoms with Gasteiger partial charge in [-0.3, -0.25) is 10.1 Å². The summed E-state index contributed by atoms with van der Waals surface area (Å²) in [5.41, 5.74) is 1.50. The largest absolute Gasteiger partial charge is 0.416 e. The summed E-state index contributed by atoms with van der Waals surface area (Å²) in [6, 6.07) is 14.7. The number of hydrogen-bond acceptors (Lipinski definition) is 5. The first-order valence-corrected chi connectivity index (χ1v) is 10.9. The minimum Gasteiger partial charge on any atom is -0.323 e. The number of alkyl halides is 3. The number of rotatable bonds is 7. The number of anilines is 1. The molecule has 6 nitrogen and oxygen atoms in total. The maximum Gasteiger partial charge on any atom is 0.416 e. The summed E-state index contributed by atoms with van der Waals surface area (Å²) in [5.74, 6) is -0.482. The Morgan fingerprint density at radius 2 is 1.94 bits per heavy atom. The van der Waals surface area contributed by atoms with Gasteiger partial charge < -0.3 is 5.32 Å². The number of hydrogen-bond donors (Lipinski definition) is 2. The van der Waals surface area contributed by atoms with Crippen LogP contribution in [0.4, 0.5) is 18.9 Å². The van der Waals surface area contributed by atoms with Crippen LogP contribution in [0.1, 0.15) is 27.6 Å². The first-order chi connectivity index (χ1) is 15.8. The van der Waals surface area contributed by atoms with Crippen molar-refractivity contribution in [2.24, 2.45) is 0 Å². The molecular formula is C23H20F3N5OS. The van der Waals surface area contributed by atoms with Crippen molar-refractivity contribution in [2.45, 2.75) is 19.1 Å². The van der Waals surface area contributed by atoms with Gasteiger partial charge in [-0.15, -0.1) is 11.3 Å². The van der Waals surface area contributed by atoms with E-state index in [1.54, 1.807) is 11.3 Å². The van der Waals surface area contributed by atoms with Crippen molar-refractivity contribution in [2.75, 3.05) is 11.9 Å². The topological polar surface area (TPSA) is 71.8 Å². The molecule has 170 valence electrons. The summed E-state index contributed by atoms with van der Waals surface area (Å²) < 4.78 is 41.0. The number of nitrogens with zero attached hydrogens (tertiary/aromatic N) is 3. The minimum absolute atomic E-state index is 0.00913. The quantitative estimate of drug-likeness (QED) is 0.399. The molecule has 0 aliphatic carbocycles. The number of thiophene rings is 1. The molecule has 0 saturated heterocycles. The van der Waals surface area contributed by atoms with Gasteiger partial charge in [0, 0.05) is 4.88 Å². The van der Waals surface area contributed by atoms with Crippen molar-refractivity contribution in [3.05, 3.63) is 94.2 Å². The molecule has 2 aromatic heterocycles. The number of nitrogens with one attached hydrogen (secondary N) is 2. The van der Waals surface area contributed by atoms with E-state index in [9.17, 15) is 18.0 Å². The molecular weight excluding hydrogens is 451 g/mol. The van der Waals surface area contributed by atoms with E-state index in [2.05, 4.69) is 20.7 Å². The lowest BCUT2D eigenvalue weighted by Crippen LogP contribution is -2.32. The molecule has 2 N–H and O–H groups in total. The minimum atomic E-state index is -4.55. The number of benzene rings is 2. The van der Waals surface area contributed by atoms with Crippen LogP contribution in [0.2, 0.25) is 0 Å². The van der Waals surface area contributed by atoms with Crippen LogP contribution in [0.3, 0.4) is 0 Å². The highest BCUT2D eigenvalue weighted by molar-refractivity contribution is 7.10. The average molecular weight is 472 g/mol. The van der Waals surface area contributed by atoms with E-state index >= 15 is 0 Å². The van der Waals surface area contributed by atoms with E-state index in [0.29, 0.717) is 0 Å². The number of carbonyl (C=O) groups excluding carboxylic acids is 1. The van der Waals surface area contributed by atoms with Crippen molar-refractivity contribution in [1.29, 1.82) is 0 Å². The van der Waals surface area contributed by atoms with E-state index in [1.165, 1.54) is 23.4 Å². The molecule has 0 fully saturated rings. The maximum atomic E-state index is 13.2.